The smallest absolute Gasteiger partial charge is 0.472 e. The fourth-order valence-electron chi connectivity index (χ4n) is 6.88. The van der Waals surface area contributed by atoms with Gasteiger partial charge in [-0.3, -0.25) is 23.4 Å². The lowest BCUT2D eigenvalue weighted by molar-refractivity contribution is -0.161. The van der Waals surface area contributed by atoms with Gasteiger partial charge in [0.1, 0.15) is 12.6 Å². The summed E-state index contributed by atoms with van der Waals surface area (Å²) >= 11 is 0. The lowest BCUT2D eigenvalue weighted by atomic mass is 10.0. The fourth-order valence-corrected chi connectivity index (χ4v) is 7.66. The second-order valence-corrected chi connectivity index (χ2v) is 18.4. The number of carboxylic acids is 1. The van der Waals surface area contributed by atoms with E-state index in [1.54, 1.807) is 0 Å². The molecule has 0 heterocycles. The van der Waals surface area contributed by atoms with Crippen molar-refractivity contribution in [3.8, 4) is 0 Å². The molecule has 12 heteroatoms. The molecule has 0 saturated carbocycles. The average Bonchev–Trinajstić information content (AvgIpc) is 3.26. The topological polar surface area (TPSA) is 172 Å². The molecule has 0 rings (SSSR count). The second-order valence-electron chi connectivity index (χ2n) is 17.0. The van der Waals surface area contributed by atoms with Crippen molar-refractivity contribution in [1.82, 2.24) is 0 Å². The van der Waals surface area contributed by atoms with E-state index >= 15 is 0 Å². The Bertz CT molecular complexity index is 1250. The lowest BCUT2D eigenvalue weighted by Crippen LogP contribution is -2.34. The van der Waals surface area contributed by atoms with E-state index in [9.17, 15) is 23.8 Å². The highest BCUT2D eigenvalue weighted by molar-refractivity contribution is 7.47. The Hall–Kier alpha value is -2.56. The number of hydrogen-bond donors (Lipinski definition) is 3. The van der Waals surface area contributed by atoms with Gasteiger partial charge in [0.05, 0.1) is 13.2 Å². The highest BCUT2D eigenvalue weighted by Crippen LogP contribution is 2.43. The van der Waals surface area contributed by atoms with Crippen LogP contribution in [0.5, 0.6) is 0 Å². The van der Waals surface area contributed by atoms with Crippen molar-refractivity contribution in [3.63, 3.8) is 0 Å². The zero-order chi connectivity index (χ0) is 46.3. The van der Waals surface area contributed by atoms with Gasteiger partial charge in [0.25, 0.3) is 0 Å². The molecule has 4 N–H and O–H groups in total. The third kappa shape index (κ3) is 45.8. The van der Waals surface area contributed by atoms with Gasteiger partial charge in [-0.15, -0.1) is 0 Å². The van der Waals surface area contributed by atoms with Crippen molar-refractivity contribution in [3.05, 3.63) is 48.6 Å². The average molecular weight is 910 g/mol. The molecule has 0 aromatic carbocycles. The lowest BCUT2D eigenvalue weighted by Gasteiger charge is -2.20. The summed E-state index contributed by atoms with van der Waals surface area (Å²) in [5, 5.41) is 8.91. The van der Waals surface area contributed by atoms with Gasteiger partial charge in [0, 0.05) is 12.8 Å². The molecule has 0 saturated heterocycles. The number of carbonyl (C=O) groups excluding carboxylic acids is 2. The van der Waals surface area contributed by atoms with Crippen LogP contribution in [-0.4, -0.2) is 59.9 Å². The first kappa shape index (κ1) is 60.4. The van der Waals surface area contributed by atoms with Crippen LogP contribution in [0.15, 0.2) is 48.6 Å². The Morgan fingerprint density at radius 1 is 0.492 bits per heavy atom. The molecule has 0 radical (unpaired) electrons. The molecule has 0 amide bonds. The highest BCUT2D eigenvalue weighted by Gasteiger charge is 2.28. The summed E-state index contributed by atoms with van der Waals surface area (Å²) in [6.07, 6.45) is 53.3. The fraction of sp³-hybridized carbons (Fsp3) is 0.784. The van der Waals surface area contributed by atoms with Gasteiger partial charge in [-0.2, -0.15) is 0 Å². The first-order valence-electron chi connectivity index (χ1n) is 25.2. The SMILES string of the molecule is CCCCC/C=C/C/C=C/C/C=C/C/C=C/CCCC(=O)OC[C@H](COP(=O)(O)OC[C@H](N)C(=O)O)OC(=O)CCCCCCCCCCCCCCCCCCCCCCCC. The first-order valence-corrected chi connectivity index (χ1v) is 26.7. The molecule has 0 aliphatic carbocycles. The zero-order valence-corrected chi connectivity index (χ0v) is 40.8. The summed E-state index contributed by atoms with van der Waals surface area (Å²) in [4.78, 5) is 46.1. The van der Waals surface area contributed by atoms with E-state index < -0.39 is 51.1 Å². The van der Waals surface area contributed by atoms with Crippen LogP contribution in [0, 0.1) is 0 Å². The van der Waals surface area contributed by atoms with Crippen LogP contribution in [-0.2, 0) is 37.5 Å². The number of allylic oxidation sites excluding steroid dienone is 8. The Labute approximate surface area is 384 Å². The minimum atomic E-state index is -4.73. The number of carboxylic acid groups (broad SMARTS) is 1. The predicted molar refractivity (Wildman–Crippen MR) is 258 cm³/mol. The van der Waals surface area contributed by atoms with E-state index in [-0.39, 0.29) is 19.4 Å². The number of ether oxygens (including phenoxy) is 2. The zero-order valence-electron chi connectivity index (χ0n) is 39.9. The number of phosphoric acid groups is 1. The summed E-state index contributed by atoms with van der Waals surface area (Å²) in [5.74, 6) is -2.44. The van der Waals surface area contributed by atoms with E-state index in [1.807, 2.05) is 6.08 Å². The summed E-state index contributed by atoms with van der Waals surface area (Å²) in [5.41, 5.74) is 5.35. The van der Waals surface area contributed by atoms with Gasteiger partial charge < -0.3 is 25.2 Å². The molecule has 366 valence electrons. The van der Waals surface area contributed by atoms with E-state index in [0.29, 0.717) is 19.3 Å². The molecule has 11 nitrogen and oxygen atoms in total. The number of esters is 2. The molecule has 0 spiro atoms. The van der Waals surface area contributed by atoms with Crippen molar-refractivity contribution in [2.75, 3.05) is 19.8 Å². The molecule has 0 aliphatic rings. The third-order valence-electron chi connectivity index (χ3n) is 10.8. The van der Waals surface area contributed by atoms with Gasteiger partial charge in [-0.25, -0.2) is 4.57 Å². The van der Waals surface area contributed by atoms with Crippen molar-refractivity contribution in [2.45, 2.75) is 238 Å². The van der Waals surface area contributed by atoms with Crippen LogP contribution < -0.4 is 5.73 Å². The van der Waals surface area contributed by atoms with Crippen LogP contribution in [0.2, 0.25) is 0 Å². The van der Waals surface area contributed by atoms with Crippen molar-refractivity contribution in [2.24, 2.45) is 5.73 Å². The minimum Gasteiger partial charge on any atom is -0.480 e. The summed E-state index contributed by atoms with van der Waals surface area (Å²) in [7, 11) is -4.73. The Morgan fingerprint density at radius 2 is 0.857 bits per heavy atom. The van der Waals surface area contributed by atoms with Crippen LogP contribution in [0.4, 0.5) is 0 Å². The maximum absolute atomic E-state index is 12.7. The normalized spacial score (nSPS) is 14.0. The quantitative estimate of drug-likeness (QED) is 0.0230. The molecule has 63 heavy (non-hydrogen) atoms. The summed E-state index contributed by atoms with van der Waals surface area (Å²) in [6.45, 7) is 2.75. The van der Waals surface area contributed by atoms with Crippen LogP contribution in [0.25, 0.3) is 0 Å². The molecule has 0 aromatic rings. The number of aliphatic carboxylic acids is 1. The van der Waals surface area contributed by atoms with E-state index in [1.165, 1.54) is 135 Å². The maximum Gasteiger partial charge on any atom is 0.472 e. The standard InChI is InChI=1S/C51H92NO10P/c1-3-5-7-9-11-13-15-17-19-21-22-23-24-25-27-29-31-33-35-37-39-41-43-50(54)62-47(45-60-63(57,58)61-46-48(52)51(55)56)44-59-49(53)42-40-38-36-34-32-30-28-26-20-18-16-14-12-10-8-6-4-2/h12,14,18,20,28,30,34,36,47-48H,3-11,13,15-17,19,21-27,29,31-33,35,37-46,52H2,1-2H3,(H,55,56)(H,57,58)/b14-12+,20-18+,30-28+,36-34+/t47-,48+/m1/s1. The van der Waals surface area contributed by atoms with Gasteiger partial charge >= 0.3 is 25.7 Å². The maximum atomic E-state index is 12.7. The Morgan fingerprint density at radius 3 is 1.30 bits per heavy atom. The van der Waals surface area contributed by atoms with Gasteiger partial charge in [-0.05, 0) is 51.4 Å². The molecule has 0 aliphatic heterocycles. The number of unbranched alkanes of at least 4 members (excludes halogenated alkanes) is 25. The first-order chi connectivity index (χ1) is 30.6. The van der Waals surface area contributed by atoms with Crippen LogP contribution in [0.1, 0.15) is 226 Å². The summed E-state index contributed by atoms with van der Waals surface area (Å²) in [6, 6.07) is -1.53. The molecule has 3 atom stereocenters. The predicted octanol–water partition coefficient (Wildman–Crippen LogP) is 14.1. The molecule has 0 fully saturated rings. The molecule has 0 bridgehead atoms. The number of phosphoric ester groups is 1. The highest BCUT2D eigenvalue weighted by atomic mass is 31.2. The number of nitrogens with two attached hydrogens (primary N) is 1. The van der Waals surface area contributed by atoms with E-state index in [4.69, 9.17) is 24.8 Å². The van der Waals surface area contributed by atoms with Gasteiger partial charge in [-0.1, -0.05) is 210 Å². The molecular formula is C51H92NO10P. The number of hydrogen-bond acceptors (Lipinski definition) is 9. The van der Waals surface area contributed by atoms with Crippen LogP contribution in [0.3, 0.4) is 0 Å². The van der Waals surface area contributed by atoms with Crippen molar-refractivity contribution < 1.29 is 47.5 Å². The van der Waals surface area contributed by atoms with Gasteiger partial charge in [0.2, 0.25) is 0 Å². The largest absolute Gasteiger partial charge is 0.480 e. The minimum absolute atomic E-state index is 0.147. The number of carbonyl (C=O) groups is 3. The second kappa shape index (κ2) is 46.0. The molecule has 1 unspecified atom stereocenters. The molecular weight excluding hydrogens is 818 g/mol. The molecule has 0 aromatic heterocycles. The third-order valence-corrected chi connectivity index (χ3v) is 11.8. The van der Waals surface area contributed by atoms with Crippen molar-refractivity contribution in [1.29, 1.82) is 0 Å². The van der Waals surface area contributed by atoms with Crippen molar-refractivity contribution >= 4 is 25.7 Å². The van der Waals surface area contributed by atoms with E-state index in [2.05, 4.69) is 60.9 Å². The van der Waals surface area contributed by atoms with E-state index in [0.717, 1.165) is 44.9 Å². The summed E-state index contributed by atoms with van der Waals surface area (Å²) < 4.78 is 32.8. The van der Waals surface area contributed by atoms with Gasteiger partial charge in [0.15, 0.2) is 6.10 Å². The Balaban J connectivity index is 4.30. The van der Waals surface area contributed by atoms with Crippen LogP contribution >= 0.6 is 7.82 Å². The monoisotopic (exact) mass is 910 g/mol. The Kier molecular flexibility index (Phi) is 44.1. The number of rotatable bonds is 47.